The smallest absolute Gasteiger partial charge is 0.416 e. The number of fused-ring (bicyclic) bond motifs is 1. The molecule has 0 amide bonds. The summed E-state index contributed by atoms with van der Waals surface area (Å²) in [6, 6.07) is 16.3. The zero-order chi connectivity index (χ0) is 26.9. The van der Waals surface area contributed by atoms with Crippen molar-refractivity contribution in [3.8, 4) is 17.0 Å². The maximum atomic E-state index is 13.5. The zero-order valence-electron chi connectivity index (χ0n) is 20.5. The average molecular weight is 524 g/mol. The third-order valence-corrected chi connectivity index (χ3v) is 6.62. The van der Waals surface area contributed by atoms with Crippen molar-refractivity contribution in [1.82, 2.24) is 9.97 Å². The van der Waals surface area contributed by atoms with E-state index in [1.165, 1.54) is 36.7 Å². The van der Waals surface area contributed by atoms with Crippen LogP contribution in [0.15, 0.2) is 73.1 Å². The number of nitrogens with zero attached hydrogens (tertiary/aromatic N) is 2. The Labute approximate surface area is 217 Å². The first-order valence-corrected chi connectivity index (χ1v) is 12.2. The topological polar surface area (TPSA) is 67.3 Å². The summed E-state index contributed by atoms with van der Waals surface area (Å²) in [4.78, 5) is 8.58. The van der Waals surface area contributed by atoms with E-state index in [0.29, 0.717) is 35.5 Å². The Hall–Kier alpha value is -3.98. The first-order valence-electron chi connectivity index (χ1n) is 12.2. The van der Waals surface area contributed by atoms with Crippen molar-refractivity contribution in [1.29, 1.82) is 0 Å². The van der Waals surface area contributed by atoms with E-state index < -0.39 is 29.8 Å². The molecule has 1 aliphatic carbocycles. The number of hydrogen-bond donors (Lipinski definition) is 2. The minimum atomic E-state index is -4.56. The number of aromatic nitrogens is 2. The van der Waals surface area contributed by atoms with E-state index in [2.05, 4.69) is 15.3 Å². The molecule has 2 N–H and O–H groups in total. The van der Waals surface area contributed by atoms with E-state index in [0.717, 1.165) is 35.4 Å². The third kappa shape index (κ3) is 5.62. The van der Waals surface area contributed by atoms with Gasteiger partial charge >= 0.3 is 6.18 Å². The van der Waals surface area contributed by atoms with Crippen molar-refractivity contribution < 1.29 is 27.4 Å². The fraction of sp³-hybridized carbons (Fsp3) is 0.241. The van der Waals surface area contributed by atoms with Gasteiger partial charge in [-0.3, -0.25) is 0 Å². The van der Waals surface area contributed by atoms with Crippen LogP contribution in [-0.2, 0) is 19.0 Å². The van der Waals surface area contributed by atoms with Crippen LogP contribution < -0.4 is 10.1 Å². The van der Waals surface area contributed by atoms with E-state index in [9.17, 15) is 22.7 Å². The van der Waals surface area contributed by atoms with Gasteiger partial charge in [0.15, 0.2) is 0 Å². The maximum Gasteiger partial charge on any atom is 0.416 e. The highest BCUT2D eigenvalue weighted by Crippen LogP contribution is 2.39. The van der Waals surface area contributed by atoms with E-state index in [1.807, 2.05) is 18.2 Å². The van der Waals surface area contributed by atoms with Gasteiger partial charge in [0.05, 0.1) is 17.4 Å². The van der Waals surface area contributed by atoms with Crippen molar-refractivity contribution in [2.45, 2.75) is 44.6 Å². The Morgan fingerprint density at radius 2 is 1.82 bits per heavy atom. The van der Waals surface area contributed by atoms with Gasteiger partial charge in [-0.15, -0.1) is 0 Å². The highest BCUT2D eigenvalue weighted by atomic mass is 19.4. The van der Waals surface area contributed by atoms with Crippen LogP contribution in [0.2, 0.25) is 0 Å². The van der Waals surface area contributed by atoms with Gasteiger partial charge in [-0.25, -0.2) is 14.4 Å². The second-order valence-corrected chi connectivity index (χ2v) is 9.27. The molecular formula is C29H25F4N3O2. The number of nitrogens with one attached hydrogen (secondary N) is 1. The molecule has 3 aromatic carbocycles. The molecule has 38 heavy (non-hydrogen) atoms. The van der Waals surface area contributed by atoms with Gasteiger partial charge in [0, 0.05) is 23.7 Å². The molecule has 2 atom stereocenters. The lowest BCUT2D eigenvalue weighted by molar-refractivity contribution is -0.137. The van der Waals surface area contributed by atoms with Crippen molar-refractivity contribution in [3.05, 3.63) is 101 Å². The van der Waals surface area contributed by atoms with Crippen molar-refractivity contribution in [2.75, 3.05) is 5.32 Å². The summed E-state index contributed by atoms with van der Waals surface area (Å²) in [5.74, 6) is 0.0123. The normalized spacial score (nSPS) is 16.0. The quantitative estimate of drug-likeness (QED) is 0.266. The van der Waals surface area contributed by atoms with Crippen LogP contribution in [0.3, 0.4) is 0 Å². The number of benzene rings is 3. The summed E-state index contributed by atoms with van der Waals surface area (Å²) in [6.07, 6.45) is -2.30. The Kier molecular flexibility index (Phi) is 7.03. The van der Waals surface area contributed by atoms with Crippen LogP contribution in [0.25, 0.3) is 11.3 Å². The molecule has 0 aliphatic heterocycles. The summed E-state index contributed by atoms with van der Waals surface area (Å²) < 4.78 is 59.9. The molecule has 196 valence electrons. The lowest BCUT2D eigenvalue weighted by Gasteiger charge is -2.23. The standard InChI is InChI=1S/C29H25F4N3O2/c1-17(18-5-9-21(30)10-6-18)38-27-13-20(29(31,32)33)8-12-23(27)26-15-28(35-16-34-26)36-25-4-2-3-19-7-11-22(37)14-24(19)25/h2-6,8-10,12-13,15-17,22,37H,7,11,14H2,1H3,(H,34,35,36)/t17-,22+/m0/s1. The van der Waals surface area contributed by atoms with Crippen LogP contribution in [0, 0.1) is 5.82 Å². The summed E-state index contributed by atoms with van der Waals surface area (Å²) in [6.45, 7) is 1.68. The monoisotopic (exact) mass is 523 g/mol. The molecule has 0 spiro atoms. The fourth-order valence-corrected chi connectivity index (χ4v) is 4.60. The molecule has 0 fully saturated rings. The van der Waals surface area contributed by atoms with Crippen molar-refractivity contribution >= 4 is 11.5 Å². The highest BCUT2D eigenvalue weighted by Gasteiger charge is 2.32. The molecule has 4 aromatic rings. The van der Waals surface area contributed by atoms with Crippen LogP contribution in [0.1, 0.15) is 41.7 Å². The lowest BCUT2D eigenvalue weighted by Crippen LogP contribution is -2.19. The number of rotatable bonds is 6. The predicted octanol–water partition coefficient (Wildman–Crippen LogP) is 7.03. The first-order chi connectivity index (χ1) is 18.2. The maximum absolute atomic E-state index is 13.5. The molecule has 0 radical (unpaired) electrons. The van der Waals surface area contributed by atoms with Crippen molar-refractivity contribution in [3.63, 3.8) is 0 Å². The highest BCUT2D eigenvalue weighted by molar-refractivity contribution is 5.72. The van der Waals surface area contributed by atoms with Crippen LogP contribution in [0.5, 0.6) is 5.75 Å². The Morgan fingerprint density at radius 1 is 1.03 bits per heavy atom. The Morgan fingerprint density at radius 3 is 2.58 bits per heavy atom. The second-order valence-electron chi connectivity index (χ2n) is 9.27. The van der Waals surface area contributed by atoms with Gasteiger partial charge in [-0.1, -0.05) is 24.3 Å². The minimum Gasteiger partial charge on any atom is -0.485 e. The number of alkyl halides is 3. The molecule has 5 nitrogen and oxygen atoms in total. The predicted molar refractivity (Wildman–Crippen MR) is 136 cm³/mol. The van der Waals surface area contributed by atoms with Crippen LogP contribution in [-0.4, -0.2) is 21.2 Å². The largest absolute Gasteiger partial charge is 0.485 e. The summed E-state index contributed by atoms with van der Waals surface area (Å²) in [5.41, 5.74) is 3.44. The van der Waals surface area contributed by atoms with Gasteiger partial charge in [0.2, 0.25) is 0 Å². The molecule has 1 aromatic heterocycles. The van der Waals surface area contributed by atoms with Gasteiger partial charge < -0.3 is 15.2 Å². The number of anilines is 2. The molecule has 0 saturated heterocycles. The number of ether oxygens (including phenoxy) is 1. The average Bonchev–Trinajstić information content (AvgIpc) is 2.89. The molecule has 1 heterocycles. The fourth-order valence-electron chi connectivity index (χ4n) is 4.60. The van der Waals surface area contributed by atoms with Gasteiger partial charge in [0.1, 0.15) is 29.8 Å². The molecule has 9 heteroatoms. The van der Waals surface area contributed by atoms with E-state index in [1.54, 1.807) is 13.0 Å². The van der Waals surface area contributed by atoms with E-state index in [4.69, 9.17) is 4.74 Å². The Balaban J connectivity index is 1.49. The SMILES string of the molecule is C[C@H](Oc1cc(C(F)(F)F)ccc1-c1cc(Nc2cccc3c2C[C@H](O)CC3)ncn1)c1ccc(F)cc1. The number of halogens is 4. The summed E-state index contributed by atoms with van der Waals surface area (Å²) in [7, 11) is 0. The summed E-state index contributed by atoms with van der Waals surface area (Å²) >= 11 is 0. The molecule has 1 aliphatic rings. The van der Waals surface area contributed by atoms with E-state index in [-0.39, 0.29) is 5.75 Å². The molecule has 0 unspecified atom stereocenters. The van der Waals surface area contributed by atoms with E-state index >= 15 is 0 Å². The van der Waals surface area contributed by atoms with Gasteiger partial charge in [-0.2, -0.15) is 13.2 Å². The number of hydrogen-bond acceptors (Lipinski definition) is 5. The first kappa shape index (κ1) is 25.7. The number of aryl methyl sites for hydroxylation is 1. The second kappa shape index (κ2) is 10.4. The van der Waals surface area contributed by atoms with Crippen molar-refractivity contribution in [2.24, 2.45) is 0 Å². The van der Waals surface area contributed by atoms with Gasteiger partial charge in [-0.05, 0) is 72.9 Å². The zero-order valence-corrected chi connectivity index (χ0v) is 20.5. The Bertz CT molecular complexity index is 1440. The molecule has 0 bridgehead atoms. The third-order valence-electron chi connectivity index (χ3n) is 6.62. The molecule has 0 saturated carbocycles. The van der Waals surface area contributed by atoms with Gasteiger partial charge in [0.25, 0.3) is 0 Å². The minimum absolute atomic E-state index is 0.0125. The number of aliphatic hydroxyl groups is 1. The number of aliphatic hydroxyl groups excluding tert-OH is 1. The molecule has 5 rings (SSSR count). The molecular weight excluding hydrogens is 498 g/mol. The van der Waals surface area contributed by atoms with Crippen LogP contribution >= 0.6 is 0 Å². The summed E-state index contributed by atoms with van der Waals surface area (Å²) in [5, 5.41) is 13.4. The lowest BCUT2D eigenvalue weighted by atomic mass is 9.88. The van der Waals surface area contributed by atoms with Crippen LogP contribution in [0.4, 0.5) is 29.1 Å².